The molecule has 0 heterocycles. The molecule has 2 heteroatoms. The van der Waals surface area contributed by atoms with Crippen molar-refractivity contribution in [1.29, 1.82) is 0 Å². The Kier molecular flexibility index (Phi) is 10.1. The molecule has 11 aromatic rings. The molecule has 0 bridgehead atoms. The molecule has 11 aromatic carbocycles. The average molecular weight is 855 g/mol. The van der Waals surface area contributed by atoms with Gasteiger partial charge in [0.1, 0.15) is 0 Å². The molecule has 0 aliphatic heterocycles. The Balaban J connectivity index is 1.16. The summed E-state index contributed by atoms with van der Waals surface area (Å²) in [5.41, 5.74) is 18.1. The topological polar surface area (TPSA) is 6.48 Å². The zero-order valence-electron chi connectivity index (χ0n) is 37.0. The number of hydrogen-bond acceptors (Lipinski definition) is 2. The van der Waals surface area contributed by atoms with Crippen LogP contribution in [0.15, 0.2) is 279 Å². The zero-order valence-corrected chi connectivity index (χ0v) is 37.0. The van der Waals surface area contributed by atoms with Crippen molar-refractivity contribution in [2.24, 2.45) is 0 Å². The van der Waals surface area contributed by atoms with E-state index < -0.39 is 5.41 Å². The first kappa shape index (κ1) is 39.8. The summed E-state index contributed by atoms with van der Waals surface area (Å²) in [5, 5.41) is 2.38. The van der Waals surface area contributed by atoms with Crippen molar-refractivity contribution in [1.82, 2.24) is 0 Å². The van der Waals surface area contributed by atoms with Gasteiger partial charge in [-0.15, -0.1) is 0 Å². The molecule has 12 rings (SSSR count). The lowest BCUT2D eigenvalue weighted by Gasteiger charge is -2.35. The van der Waals surface area contributed by atoms with Gasteiger partial charge in [0.05, 0.1) is 11.1 Å². The highest BCUT2D eigenvalue weighted by Crippen LogP contribution is 2.62. The van der Waals surface area contributed by atoms with Crippen LogP contribution in [0.5, 0.6) is 0 Å². The molecule has 0 aromatic heterocycles. The number of rotatable bonds is 10. The third-order valence-electron chi connectivity index (χ3n) is 13.5. The lowest BCUT2D eigenvalue weighted by molar-refractivity contribution is 0.769. The fraction of sp³-hybridized carbons (Fsp3) is 0.0154. The Labute approximate surface area is 393 Å². The van der Waals surface area contributed by atoms with Crippen molar-refractivity contribution in [3.63, 3.8) is 0 Å². The van der Waals surface area contributed by atoms with Crippen LogP contribution in [0.25, 0.3) is 44.2 Å². The highest BCUT2D eigenvalue weighted by molar-refractivity contribution is 6.11. The molecule has 0 N–H and O–H groups in total. The van der Waals surface area contributed by atoms with Gasteiger partial charge in [0.15, 0.2) is 0 Å². The molecule has 2 nitrogen and oxygen atoms in total. The Bertz CT molecular complexity index is 3430. The maximum absolute atomic E-state index is 2.49. The lowest BCUT2D eigenvalue weighted by atomic mass is 9.67. The molecular formula is C65H46N2. The predicted molar refractivity (Wildman–Crippen MR) is 281 cm³/mol. The summed E-state index contributed by atoms with van der Waals surface area (Å²) in [7, 11) is 0. The molecule has 0 atom stereocenters. The first-order chi connectivity index (χ1) is 33.3. The molecular weight excluding hydrogens is 809 g/mol. The number of nitrogens with zero attached hydrogens (tertiary/aromatic N) is 2. The molecule has 0 fully saturated rings. The van der Waals surface area contributed by atoms with E-state index in [1.165, 1.54) is 66.4 Å². The van der Waals surface area contributed by atoms with Gasteiger partial charge in [0.2, 0.25) is 0 Å². The molecule has 0 radical (unpaired) electrons. The Morgan fingerprint density at radius 3 is 1.18 bits per heavy atom. The largest absolute Gasteiger partial charge is 0.310 e. The van der Waals surface area contributed by atoms with Gasteiger partial charge in [-0.3, -0.25) is 0 Å². The van der Waals surface area contributed by atoms with E-state index in [-0.39, 0.29) is 0 Å². The van der Waals surface area contributed by atoms with E-state index >= 15 is 0 Å². The predicted octanol–water partition coefficient (Wildman–Crippen LogP) is 17.5. The van der Waals surface area contributed by atoms with Crippen LogP contribution < -0.4 is 9.80 Å². The minimum atomic E-state index is -0.680. The van der Waals surface area contributed by atoms with Gasteiger partial charge in [0.25, 0.3) is 0 Å². The second kappa shape index (κ2) is 17.0. The van der Waals surface area contributed by atoms with Crippen LogP contribution >= 0.6 is 0 Å². The molecule has 316 valence electrons. The van der Waals surface area contributed by atoms with Crippen LogP contribution in [0.3, 0.4) is 0 Å². The molecule has 67 heavy (non-hydrogen) atoms. The minimum Gasteiger partial charge on any atom is -0.310 e. The monoisotopic (exact) mass is 854 g/mol. The van der Waals surface area contributed by atoms with Gasteiger partial charge in [0, 0.05) is 39.4 Å². The van der Waals surface area contributed by atoms with E-state index in [1.807, 2.05) is 0 Å². The second-order valence-electron chi connectivity index (χ2n) is 17.2. The van der Waals surface area contributed by atoms with E-state index in [0.717, 1.165) is 34.1 Å². The lowest BCUT2D eigenvalue weighted by Crippen LogP contribution is -2.29. The summed E-state index contributed by atoms with van der Waals surface area (Å²) in [5.74, 6) is 0. The molecule has 0 saturated heterocycles. The van der Waals surface area contributed by atoms with Crippen molar-refractivity contribution >= 4 is 44.9 Å². The Morgan fingerprint density at radius 1 is 0.269 bits per heavy atom. The van der Waals surface area contributed by atoms with Crippen LogP contribution in [0, 0.1) is 0 Å². The SMILES string of the molecule is c1ccc(-c2ccc(N(c3ccccc3)c3ccc4c(c3)C(c3ccccc3)(c3ccccc3)c3cc5ccccc5c(N(c5ccccc5)c5ccc(-c6ccccc6)cc5)c3-4)cc2)cc1. The maximum Gasteiger partial charge on any atom is 0.0715 e. The van der Waals surface area contributed by atoms with E-state index in [4.69, 9.17) is 0 Å². The van der Waals surface area contributed by atoms with Gasteiger partial charge in [-0.1, -0.05) is 212 Å². The quantitative estimate of drug-likeness (QED) is 0.135. The zero-order chi connectivity index (χ0) is 44.6. The van der Waals surface area contributed by atoms with Gasteiger partial charge in [-0.2, -0.15) is 0 Å². The number of fused-ring (bicyclic) bond motifs is 4. The fourth-order valence-electron chi connectivity index (χ4n) is 10.5. The highest BCUT2D eigenvalue weighted by atomic mass is 15.2. The van der Waals surface area contributed by atoms with Crippen molar-refractivity contribution in [2.45, 2.75) is 5.41 Å². The summed E-state index contributed by atoms with van der Waals surface area (Å²) in [6.07, 6.45) is 0. The molecule has 0 spiro atoms. The summed E-state index contributed by atoms with van der Waals surface area (Å²) in [4.78, 5) is 4.89. The van der Waals surface area contributed by atoms with Gasteiger partial charge >= 0.3 is 0 Å². The first-order valence-electron chi connectivity index (χ1n) is 23.1. The van der Waals surface area contributed by atoms with Crippen LogP contribution in [0.4, 0.5) is 34.1 Å². The van der Waals surface area contributed by atoms with Crippen molar-refractivity contribution in [3.8, 4) is 33.4 Å². The normalized spacial score (nSPS) is 12.3. The minimum absolute atomic E-state index is 0.680. The van der Waals surface area contributed by atoms with Gasteiger partial charge < -0.3 is 9.80 Å². The van der Waals surface area contributed by atoms with Gasteiger partial charge in [-0.05, 0) is 122 Å². The summed E-state index contributed by atoms with van der Waals surface area (Å²) < 4.78 is 0. The molecule has 1 aliphatic carbocycles. The highest BCUT2D eigenvalue weighted by Gasteiger charge is 2.48. The van der Waals surface area contributed by atoms with Crippen LogP contribution in [-0.4, -0.2) is 0 Å². The molecule has 0 amide bonds. The van der Waals surface area contributed by atoms with Crippen molar-refractivity contribution < 1.29 is 0 Å². The summed E-state index contributed by atoms with van der Waals surface area (Å²) in [6.45, 7) is 0. The number of benzene rings is 11. The maximum atomic E-state index is 2.49. The summed E-state index contributed by atoms with van der Waals surface area (Å²) in [6, 6.07) is 102. The van der Waals surface area contributed by atoms with Crippen molar-refractivity contribution in [2.75, 3.05) is 9.80 Å². The summed E-state index contributed by atoms with van der Waals surface area (Å²) >= 11 is 0. The van der Waals surface area contributed by atoms with E-state index in [0.29, 0.717) is 0 Å². The smallest absolute Gasteiger partial charge is 0.0715 e. The van der Waals surface area contributed by atoms with Crippen LogP contribution in [0.1, 0.15) is 22.3 Å². The van der Waals surface area contributed by atoms with Crippen LogP contribution in [0.2, 0.25) is 0 Å². The van der Waals surface area contributed by atoms with E-state index in [9.17, 15) is 0 Å². The molecule has 1 aliphatic rings. The third kappa shape index (κ3) is 6.90. The molecule has 0 saturated carbocycles. The first-order valence-corrected chi connectivity index (χ1v) is 23.1. The van der Waals surface area contributed by atoms with E-state index in [1.54, 1.807) is 0 Å². The number of para-hydroxylation sites is 2. The average Bonchev–Trinajstić information content (AvgIpc) is 3.70. The van der Waals surface area contributed by atoms with Gasteiger partial charge in [-0.25, -0.2) is 0 Å². The van der Waals surface area contributed by atoms with Crippen LogP contribution in [-0.2, 0) is 5.41 Å². The standard InChI is InChI=1S/C65H46N2/c1-7-21-47(22-8-1)49-35-39-56(40-36-49)66(54-30-15-5-16-31-54)58-43-44-60-61(46-58)65(52-26-11-3-12-27-52,53-28-13-4-14-29-53)62-45-51-25-19-20-34-59(51)64(63(60)62)67(55-32-17-6-18-33-55)57-41-37-50(38-42-57)48-23-9-2-10-24-48/h1-46H. The third-order valence-corrected chi connectivity index (χ3v) is 13.5. The van der Waals surface area contributed by atoms with E-state index in [2.05, 4.69) is 289 Å². The number of anilines is 6. The fourth-order valence-corrected chi connectivity index (χ4v) is 10.5. The molecule has 0 unspecified atom stereocenters. The number of hydrogen-bond donors (Lipinski definition) is 0. The Morgan fingerprint density at radius 2 is 0.657 bits per heavy atom. The van der Waals surface area contributed by atoms with Crippen molar-refractivity contribution in [3.05, 3.63) is 301 Å². The Hall–Kier alpha value is -8.72. The second-order valence-corrected chi connectivity index (χ2v) is 17.2.